The van der Waals surface area contributed by atoms with Gasteiger partial charge in [-0.15, -0.1) is 0 Å². The Labute approximate surface area is 129 Å². The Balaban J connectivity index is 1.98. The van der Waals surface area contributed by atoms with Crippen molar-refractivity contribution in [3.05, 3.63) is 70.3 Å². The van der Waals surface area contributed by atoms with Gasteiger partial charge in [-0.05, 0) is 63.8 Å². The van der Waals surface area contributed by atoms with Crippen molar-refractivity contribution in [2.24, 2.45) is 0 Å². The van der Waals surface area contributed by atoms with E-state index in [1.165, 1.54) is 34.2 Å². The average molecular weight is 281 g/mol. The van der Waals surface area contributed by atoms with Gasteiger partial charge in [-0.3, -0.25) is 0 Å². The maximum absolute atomic E-state index is 3.48. The molecule has 0 aliphatic rings. The highest BCUT2D eigenvalue weighted by Crippen LogP contribution is 2.15. The van der Waals surface area contributed by atoms with Crippen molar-refractivity contribution in [1.29, 1.82) is 0 Å². The second-order valence-electron chi connectivity index (χ2n) is 6.15. The monoisotopic (exact) mass is 281 g/mol. The third-order valence-corrected chi connectivity index (χ3v) is 4.20. The summed E-state index contributed by atoms with van der Waals surface area (Å²) in [6.45, 7) is 6.56. The fraction of sp³-hybridized carbons (Fsp3) is 0.400. The summed E-state index contributed by atoms with van der Waals surface area (Å²) < 4.78 is 0. The van der Waals surface area contributed by atoms with E-state index in [0.717, 1.165) is 12.8 Å². The first-order chi connectivity index (χ1) is 10.1. The zero-order valence-corrected chi connectivity index (χ0v) is 13.7. The van der Waals surface area contributed by atoms with Crippen molar-refractivity contribution in [2.75, 3.05) is 7.05 Å². The predicted molar refractivity (Wildman–Crippen MR) is 92.0 cm³/mol. The molecule has 0 radical (unpaired) electrons. The fourth-order valence-corrected chi connectivity index (χ4v) is 3.04. The lowest BCUT2D eigenvalue weighted by Crippen LogP contribution is -2.28. The van der Waals surface area contributed by atoms with Gasteiger partial charge in [-0.1, -0.05) is 53.6 Å². The quantitative estimate of drug-likeness (QED) is 0.829. The Kier molecular flexibility index (Phi) is 5.58. The number of aryl methyl sites for hydroxylation is 4. The molecule has 0 bridgehead atoms. The summed E-state index contributed by atoms with van der Waals surface area (Å²) in [5, 5.41) is 3.48. The smallest absolute Gasteiger partial charge is 0.0108 e. The largest absolute Gasteiger partial charge is 0.317 e. The molecule has 112 valence electrons. The summed E-state index contributed by atoms with van der Waals surface area (Å²) in [6, 6.07) is 16.1. The van der Waals surface area contributed by atoms with Gasteiger partial charge in [0.1, 0.15) is 0 Å². The molecule has 0 aliphatic heterocycles. The molecule has 0 spiro atoms. The molecular formula is C20H27N. The second-order valence-corrected chi connectivity index (χ2v) is 6.15. The predicted octanol–water partition coefficient (Wildman–Crippen LogP) is 4.38. The van der Waals surface area contributed by atoms with E-state index in [2.05, 4.69) is 75.6 Å². The molecule has 0 fully saturated rings. The number of rotatable bonds is 6. The highest BCUT2D eigenvalue weighted by molar-refractivity contribution is 5.29. The lowest BCUT2D eigenvalue weighted by molar-refractivity contribution is 0.519. The van der Waals surface area contributed by atoms with Gasteiger partial charge in [0.25, 0.3) is 0 Å². The summed E-state index contributed by atoms with van der Waals surface area (Å²) in [7, 11) is 2.07. The van der Waals surface area contributed by atoms with Crippen LogP contribution in [0.25, 0.3) is 0 Å². The van der Waals surface area contributed by atoms with Gasteiger partial charge in [0.2, 0.25) is 0 Å². The molecule has 1 atom stereocenters. The van der Waals surface area contributed by atoms with Crippen LogP contribution in [0.1, 0.15) is 34.2 Å². The van der Waals surface area contributed by atoms with Gasteiger partial charge in [-0.2, -0.15) is 0 Å². The van der Waals surface area contributed by atoms with Gasteiger partial charge >= 0.3 is 0 Å². The molecule has 21 heavy (non-hydrogen) atoms. The molecule has 1 N–H and O–H groups in total. The van der Waals surface area contributed by atoms with Crippen LogP contribution in [0.4, 0.5) is 0 Å². The molecule has 1 unspecified atom stereocenters. The Morgan fingerprint density at radius 1 is 0.952 bits per heavy atom. The number of likely N-dealkylation sites (N-methyl/N-ethyl adjacent to an activating group) is 1. The zero-order valence-electron chi connectivity index (χ0n) is 13.7. The molecule has 0 heterocycles. The van der Waals surface area contributed by atoms with Gasteiger partial charge < -0.3 is 5.32 Å². The van der Waals surface area contributed by atoms with E-state index in [0.29, 0.717) is 6.04 Å². The summed E-state index contributed by atoms with van der Waals surface area (Å²) >= 11 is 0. The first-order valence-electron chi connectivity index (χ1n) is 7.87. The van der Waals surface area contributed by atoms with E-state index < -0.39 is 0 Å². The summed E-state index contributed by atoms with van der Waals surface area (Å²) in [5.74, 6) is 0. The van der Waals surface area contributed by atoms with Crippen LogP contribution in [0.3, 0.4) is 0 Å². The minimum Gasteiger partial charge on any atom is -0.317 e. The molecule has 0 amide bonds. The van der Waals surface area contributed by atoms with Crippen molar-refractivity contribution >= 4 is 0 Å². The van der Waals surface area contributed by atoms with Crippen molar-refractivity contribution < 1.29 is 0 Å². The third kappa shape index (κ3) is 4.71. The maximum atomic E-state index is 3.48. The van der Waals surface area contributed by atoms with Crippen LogP contribution in [0.5, 0.6) is 0 Å². The SMILES string of the molecule is CNC(CCc1ccccc1C)Cc1cc(C)cc(C)c1. The second kappa shape index (κ2) is 7.42. The first kappa shape index (κ1) is 15.8. The van der Waals surface area contributed by atoms with Crippen molar-refractivity contribution in [3.63, 3.8) is 0 Å². The van der Waals surface area contributed by atoms with Gasteiger partial charge in [0.05, 0.1) is 0 Å². The molecule has 0 saturated carbocycles. The Bertz CT molecular complexity index is 566. The minimum atomic E-state index is 0.533. The summed E-state index contributed by atoms with van der Waals surface area (Å²) in [6.07, 6.45) is 3.42. The zero-order chi connectivity index (χ0) is 15.2. The summed E-state index contributed by atoms with van der Waals surface area (Å²) in [5.41, 5.74) is 7.03. The number of benzene rings is 2. The van der Waals surface area contributed by atoms with Crippen LogP contribution < -0.4 is 5.32 Å². The molecule has 2 aromatic rings. The minimum absolute atomic E-state index is 0.533. The molecule has 2 aromatic carbocycles. The van der Waals surface area contributed by atoms with Crippen LogP contribution in [-0.2, 0) is 12.8 Å². The molecule has 0 aromatic heterocycles. The number of hydrogen-bond acceptors (Lipinski definition) is 1. The van der Waals surface area contributed by atoms with Crippen molar-refractivity contribution in [2.45, 2.75) is 46.1 Å². The van der Waals surface area contributed by atoms with Crippen molar-refractivity contribution in [3.8, 4) is 0 Å². The Morgan fingerprint density at radius 3 is 2.24 bits per heavy atom. The summed E-state index contributed by atoms with van der Waals surface area (Å²) in [4.78, 5) is 0. The van der Waals surface area contributed by atoms with E-state index >= 15 is 0 Å². The number of nitrogens with one attached hydrogen (secondary N) is 1. The molecule has 0 aliphatic carbocycles. The van der Waals surface area contributed by atoms with Crippen LogP contribution in [0.2, 0.25) is 0 Å². The molecular weight excluding hydrogens is 254 g/mol. The highest BCUT2D eigenvalue weighted by Gasteiger charge is 2.09. The molecule has 1 nitrogen and oxygen atoms in total. The fourth-order valence-electron chi connectivity index (χ4n) is 3.04. The van der Waals surface area contributed by atoms with Crippen LogP contribution in [0, 0.1) is 20.8 Å². The van der Waals surface area contributed by atoms with Gasteiger partial charge in [0, 0.05) is 6.04 Å². The van der Waals surface area contributed by atoms with Crippen LogP contribution in [-0.4, -0.2) is 13.1 Å². The lowest BCUT2D eigenvalue weighted by Gasteiger charge is -2.17. The van der Waals surface area contributed by atoms with Gasteiger partial charge in [-0.25, -0.2) is 0 Å². The Morgan fingerprint density at radius 2 is 1.62 bits per heavy atom. The maximum Gasteiger partial charge on any atom is 0.0108 e. The topological polar surface area (TPSA) is 12.0 Å². The molecule has 2 rings (SSSR count). The van der Waals surface area contributed by atoms with Crippen LogP contribution >= 0.6 is 0 Å². The standard InChI is InChI=1S/C20H27N/c1-15-11-16(2)13-18(12-15)14-20(21-4)10-9-19-8-6-5-7-17(19)3/h5-8,11-13,20-21H,9-10,14H2,1-4H3. The lowest BCUT2D eigenvalue weighted by atomic mass is 9.96. The normalized spacial score (nSPS) is 12.4. The first-order valence-corrected chi connectivity index (χ1v) is 7.87. The van der Waals surface area contributed by atoms with E-state index in [9.17, 15) is 0 Å². The highest BCUT2D eigenvalue weighted by atomic mass is 14.9. The number of hydrogen-bond donors (Lipinski definition) is 1. The van der Waals surface area contributed by atoms with Crippen molar-refractivity contribution in [1.82, 2.24) is 5.32 Å². The van der Waals surface area contributed by atoms with E-state index in [4.69, 9.17) is 0 Å². The molecule has 1 heteroatoms. The van der Waals surface area contributed by atoms with Crippen LogP contribution in [0.15, 0.2) is 42.5 Å². The average Bonchev–Trinajstić information content (AvgIpc) is 2.44. The van der Waals surface area contributed by atoms with Gasteiger partial charge in [0.15, 0.2) is 0 Å². The van der Waals surface area contributed by atoms with E-state index in [1.54, 1.807) is 0 Å². The van der Waals surface area contributed by atoms with E-state index in [1.807, 2.05) is 0 Å². The van der Waals surface area contributed by atoms with E-state index in [-0.39, 0.29) is 0 Å². The molecule has 0 saturated heterocycles. The Hall–Kier alpha value is -1.60. The third-order valence-electron chi connectivity index (χ3n) is 4.20.